The van der Waals surface area contributed by atoms with E-state index >= 15 is 0 Å². The summed E-state index contributed by atoms with van der Waals surface area (Å²) in [5, 5.41) is 2.68. The van der Waals surface area contributed by atoms with Crippen molar-refractivity contribution in [2.75, 3.05) is 0 Å². The van der Waals surface area contributed by atoms with Crippen LogP contribution in [-0.2, 0) is 17.1 Å². The number of nitrogens with zero attached hydrogens (tertiary/aromatic N) is 2. The molecule has 0 fully saturated rings. The van der Waals surface area contributed by atoms with Crippen LogP contribution in [0.5, 0.6) is 0 Å². The zero-order valence-corrected chi connectivity index (χ0v) is 29.7. The molecular weight excluding hydrogens is 626 g/mol. The van der Waals surface area contributed by atoms with Crippen LogP contribution in [0.25, 0.3) is 11.4 Å². The van der Waals surface area contributed by atoms with Gasteiger partial charge in [-0.25, -0.2) is 0 Å². The SMILES string of the molecule is CC(C)c1cccc(C(C)C)c1-n1[c][n+](-c2c(C(C)C)cccc2C(C)C)cc1P(c1ccccc1)c1ccccc1.[Cl-].[Cu+]. The van der Waals surface area contributed by atoms with Gasteiger partial charge < -0.3 is 12.4 Å². The Balaban J connectivity index is 0.00000264. The van der Waals surface area contributed by atoms with E-state index in [2.05, 4.69) is 174 Å². The molecule has 0 atom stereocenters. The van der Waals surface area contributed by atoms with Crippen molar-refractivity contribution in [1.29, 1.82) is 0 Å². The molecule has 0 aliphatic heterocycles. The number of para-hydroxylation sites is 2. The summed E-state index contributed by atoms with van der Waals surface area (Å²) in [5.41, 5.74) is 9.27. The van der Waals surface area contributed by atoms with Crippen molar-refractivity contribution in [2.24, 2.45) is 0 Å². The molecule has 0 bridgehead atoms. The summed E-state index contributed by atoms with van der Waals surface area (Å²) in [7, 11) is -0.862. The summed E-state index contributed by atoms with van der Waals surface area (Å²) in [6, 6.07) is 35.7. The average Bonchev–Trinajstić information content (AvgIpc) is 3.41. The third-order valence-electron chi connectivity index (χ3n) is 8.09. The summed E-state index contributed by atoms with van der Waals surface area (Å²) in [6.07, 6.45) is 6.35. The summed E-state index contributed by atoms with van der Waals surface area (Å²) in [5.74, 6) is 1.55. The molecule has 0 aliphatic carbocycles. The summed E-state index contributed by atoms with van der Waals surface area (Å²) < 4.78 is 4.75. The molecule has 0 aliphatic rings. The Morgan fingerprint density at radius 2 is 0.932 bits per heavy atom. The molecule has 0 saturated carbocycles. The fourth-order valence-corrected chi connectivity index (χ4v) is 8.27. The fourth-order valence-electron chi connectivity index (χ4n) is 5.93. The first-order chi connectivity index (χ1) is 20.2. The van der Waals surface area contributed by atoms with Gasteiger partial charge in [0.25, 0.3) is 0 Å². The molecule has 0 saturated heterocycles. The number of aromatic nitrogens is 2. The molecule has 4 aromatic carbocycles. The van der Waals surface area contributed by atoms with Gasteiger partial charge in [0, 0.05) is 30.2 Å². The third kappa shape index (κ3) is 7.24. The van der Waals surface area contributed by atoms with Crippen LogP contribution in [0.3, 0.4) is 0 Å². The van der Waals surface area contributed by atoms with Crippen LogP contribution in [0.1, 0.15) is 101 Å². The molecule has 233 valence electrons. The van der Waals surface area contributed by atoms with E-state index < -0.39 is 7.92 Å². The number of benzene rings is 4. The Hall–Kier alpha value is -2.67. The van der Waals surface area contributed by atoms with E-state index in [4.69, 9.17) is 0 Å². The minimum Gasteiger partial charge on any atom is -1.00 e. The van der Waals surface area contributed by atoms with Crippen molar-refractivity contribution in [3.63, 3.8) is 0 Å². The number of imidazole rings is 1. The maximum Gasteiger partial charge on any atom is 1.00 e. The zero-order valence-electron chi connectivity index (χ0n) is 27.1. The minimum atomic E-state index is -0.862. The molecule has 2 nitrogen and oxygen atoms in total. The Labute approximate surface area is 283 Å². The second-order valence-corrected chi connectivity index (χ2v) is 14.6. The number of halogens is 1. The van der Waals surface area contributed by atoms with Gasteiger partial charge in [0.1, 0.15) is 17.6 Å². The molecule has 1 heterocycles. The average molecular weight is 672 g/mol. The van der Waals surface area contributed by atoms with Crippen molar-refractivity contribution in [3.8, 4) is 11.4 Å². The Morgan fingerprint density at radius 1 is 0.545 bits per heavy atom. The monoisotopic (exact) mass is 670 g/mol. The van der Waals surface area contributed by atoms with Crippen molar-refractivity contribution in [3.05, 3.63) is 132 Å². The molecule has 1 radical (unpaired) electrons. The minimum absolute atomic E-state index is 0. The Morgan fingerprint density at radius 3 is 1.32 bits per heavy atom. The van der Waals surface area contributed by atoms with Crippen LogP contribution >= 0.6 is 7.92 Å². The van der Waals surface area contributed by atoms with Gasteiger partial charge in [0.15, 0.2) is 5.44 Å². The maximum absolute atomic E-state index is 3.97. The van der Waals surface area contributed by atoms with E-state index in [1.807, 2.05) is 0 Å². The first kappa shape index (κ1) is 35.8. The number of rotatable bonds is 9. The van der Waals surface area contributed by atoms with Crippen molar-refractivity contribution < 1.29 is 34.0 Å². The first-order valence-corrected chi connectivity index (χ1v) is 16.8. The predicted molar refractivity (Wildman–Crippen MR) is 181 cm³/mol. The predicted octanol–water partition coefficient (Wildman–Crippen LogP) is 5.81. The molecule has 0 N–H and O–H groups in total. The second kappa shape index (κ2) is 15.6. The van der Waals surface area contributed by atoms with Gasteiger partial charge in [-0.05, 0) is 34.3 Å². The number of hydrogen-bond acceptors (Lipinski definition) is 0. The van der Waals surface area contributed by atoms with Crippen molar-refractivity contribution in [1.82, 2.24) is 4.57 Å². The number of hydrogen-bond donors (Lipinski definition) is 0. The fraction of sp³-hybridized carbons (Fsp3) is 0.308. The standard InChI is InChI=1S/C39H45N2P.ClH.Cu/c1-27(2)33-21-15-22-34(28(3)4)38(33)40-25-37(42(31-17-11-9-12-18-31)32-19-13-10-14-20-32)41(26-40)39-35(29(5)6)23-16-24-36(39)30(7)8;;/h9-25,27-30H,1-8H3;1H;/q+1;;+1/p-1. The first-order valence-electron chi connectivity index (χ1n) is 15.4. The van der Waals surface area contributed by atoms with Gasteiger partial charge in [0.05, 0.1) is 0 Å². The van der Waals surface area contributed by atoms with E-state index in [1.165, 1.54) is 49.7 Å². The summed E-state index contributed by atoms with van der Waals surface area (Å²) in [6.45, 7) is 18.4. The third-order valence-corrected chi connectivity index (χ3v) is 10.5. The molecule has 1 aromatic heterocycles. The van der Waals surface area contributed by atoms with Crippen LogP contribution in [-0.4, -0.2) is 4.57 Å². The molecule has 0 spiro atoms. The van der Waals surface area contributed by atoms with Crippen LogP contribution in [0, 0.1) is 6.33 Å². The Kier molecular flexibility index (Phi) is 12.7. The molecule has 5 aromatic rings. The molecule has 5 rings (SSSR count). The van der Waals surface area contributed by atoms with Gasteiger partial charge in [-0.15, -0.1) is 0 Å². The topological polar surface area (TPSA) is 8.81 Å². The van der Waals surface area contributed by atoms with Gasteiger partial charge >= 0.3 is 23.4 Å². The van der Waals surface area contributed by atoms with E-state index in [1.54, 1.807) is 0 Å². The zero-order chi connectivity index (χ0) is 30.0. The molecule has 44 heavy (non-hydrogen) atoms. The summed E-state index contributed by atoms with van der Waals surface area (Å²) >= 11 is 0. The summed E-state index contributed by atoms with van der Waals surface area (Å²) in [4.78, 5) is 0. The molecular formula is C39H45ClCuN2P+. The smallest absolute Gasteiger partial charge is 1.00 e. The normalized spacial score (nSPS) is 11.4. The van der Waals surface area contributed by atoms with Gasteiger partial charge in [-0.1, -0.05) is 152 Å². The van der Waals surface area contributed by atoms with Gasteiger partial charge in [-0.3, -0.25) is 0 Å². The van der Waals surface area contributed by atoms with E-state index in [-0.39, 0.29) is 29.5 Å². The largest absolute Gasteiger partial charge is 1.00 e. The van der Waals surface area contributed by atoms with Crippen LogP contribution < -0.4 is 33.0 Å². The van der Waals surface area contributed by atoms with Gasteiger partial charge in [-0.2, -0.15) is 9.13 Å². The molecule has 0 amide bonds. The van der Waals surface area contributed by atoms with Crippen molar-refractivity contribution in [2.45, 2.75) is 79.1 Å². The van der Waals surface area contributed by atoms with Crippen LogP contribution in [0.15, 0.2) is 103 Å². The van der Waals surface area contributed by atoms with E-state index in [9.17, 15) is 0 Å². The van der Waals surface area contributed by atoms with Crippen LogP contribution in [0.4, 0.5) is 0 Å². The quantitative estimate of drug-likeness (QED) is 0.106. The second-order valence-electron chi connectivity index (χ2n) is 12.5. The van der Waals surface area contributed by atoms with Crippen LogP contribution in [0.2, 0.25) is 0 Å². The van der Waals surface area contributed by atoms with Gasteiger partial charge in [0.2, 0.25) is 0 Å². The van der Waals surface area contributed by atoms with E-state index in [0.717, 1.165) is 0 Å². The Bertz CT molecular complexity index is 1550. The molecule has 0 unspecified atom stereocenters. The maximum atomic E-state index is 3.97. The molecule has 5 heteroatoms. The van der Waals surface area contributed by atoms with E-state index in [0.29, 0.717) is 23.7 Å². The van der Waals surface area contributed by atoms with Crippen molar-refractivity contribution >= 4 is 24.0 Å².